The smallest absolute Gasteiger partial charge is 0.307 e. The van der Waals surface area contributed by atoms with E-state index in [1.165, 1.54) is 6.92 Å². The van der Waals surface area contributed by atoms with Crippen LogP contribution in [0.15, 0.2) is 0 Å². The molecule has 4 nitrogen and oxygen atoms in total. The summed E-state index contributed by atoms with van der Waals surface area (Å²) in [5.41, 5.74) is 0. The van der Waals surface area contributed by atoms with E-state index in [0.29, 0.717) is 6.42 Å². The van der Waals surface area contributed by atoms with Gasteiger partial charge in [0.15, 0.2) is 0 Å². The maximum Gasteiger partial charge on any atom is 0.307 e. The lowest BCUT2D eigenvalue weighted by Crippen LogP contribution is -2.32. The van der Waals surface area contributed by atoms with Gasteiger partial charge in [0.1, 0.15) is 0 Å². The first-order valence-corrected chi connectivity index (χ1v) is 4.37. The molecular formula is C9H16O4. The number of hydrogen-bond donors (Lipinski definition) is 2. The van der Waals surface area contributed by atoms with Crippen LogP contribution in [0.4, 0.5) is 0 Å². The zero-order valence-corrected chi connectivity index (χ0v) is 8.15. The molecule has 0 amide bonds. The molecule has 0 fully saturated rings. The Labute approximate surface area is 77.6 Å². The van der Waals surface area contributed by atoms with Crippen molar-refractivity contribution < 1.29 is 19.8 Å². The van der Waals surface area contributed by atoms with Crippen LogP contribution in [0.1, 0.15) is 27.2 Å². The van der Waals surface area contributed by atoms with E-state index in [1.807, 2.05) is 6.92 Å². The van der Waals surface area contributed by atoms with Crippen LogP contribution in [-0.2, 0) is 9.59 Å². The average Bonchev–Trinajstić information content (AvgIpc) is 2.03. The second-order valence-electron chi connectivity index (χ2n) is 3.38. The second kappa shape index (κ2) is 4.84. The van der Waals surface area contributed by atoms with Crippen LogP contribution in [0.5, 0.6) is 0 Å². The number of carbonyl (C=O) groups is 2. The number of carboxylic acid groups (broad SMARTS) is 2. The molecule has 0 aliphatic rings. The van der Waals surface area contributed by atoms with Crippen LogP contribution in [0.2, 0.25) is 0 Å². The molecule has 76 valence electrons. The molecule has 0 heterocycles. The van der Waals surface area contributed by atoms with Crippen molar-refractivity contribution in [2.24, 2.45) is 17.8 Å². The van der Waals surface area contributed by atoms with Gasteiger partial charge in [0.2, 0.25) is 0 Å². The van der Waals surface area contributed by atoms with Crippen LogP contribution in [0.3, 0.4) is 0 Å². The van der Waals surface area contributed by atoms with Crippen LogP contribution in [-0.4, -0.2) is 22.2 Å². The van der Waals surface area contributed by atoms with Crippen molar-refractivity contribution in [3.8, 4) is 0 Å². The number of rotatable bonds is 5. The van der Waals surface area contributed by atoms with Crippen molar-refractivity contribution in [1.82, 2.24) is 0 Å². The third-order valence-electron chi connectivity index (χ3n) is 2.47. The van der Waals surface area contributed by atoms with Crippen molar-refractivity contribution in [3.05, 3.63) is 0 Å². The molecule has 0 aliphatic carbocycles. The van der Waals surface area contributed by atoms with Gasteiger partial charge in [0, 0.05) is 0 Å². The van der Waals surface area contributed by atoms with E-state index in [-0.39, 0.29) is 5.92 Å². The maximum atomic E-state index is 10.8. The van der Waals surface area contributed by atoms with Gasteiger partial charge in [-0.25, -0.2) is 0 Å². The van der Waals surface area contributed by atoms with E-state index < -0.39 is 23.8 Å². The molecule has 13 heavy (non-hydrogen) atoms. The minimum absolute atomic E-state index is 0.108. The Balaban J connectivity index is 4.60. The molecule has 0 bridgehead atoms. The monoisotopic (exact) mass is 188 g/mol. The molecule has 0 saturated carbocycles. The second-order valence-corrected chi connectivity index (χ2v) is 3.38. The number of aliphatic carboxylic acids is 2. The molecular weight excluding hydrogens is 172 g/mol. The molecule has 3 unspecified atom stereocenters. The Kier molecular flexibility index (Phi) is 4.45. The third kappa shape index (κ3) is 3.05. The summed E-state index contributed by atoms with van der Waals surface area (Å²) in [5, 5.41) is 17.5. The van der Waals surface area contributed by atoms with Gasteiger partial charge in [0.25, 0.3) is 0 Å². The zero-order chi connectivity index (χ0) is 10.6. The highest BCUT2D eigenvalue weighted by atomic mass is 16.4. The highest BCUT2D eigenvalue weighted by Gasteiger charge is 2.33. The largest absolute Gasteiger partial charge is 0.481 e. The summed E-state index contributed by atoms with van der Waals surface area (Å²) in [5.74, 6) is -3.80. The van der Waals surface area contributed by atoms with Crippen molar-refractivity contribution in [3.63, 3.8) is 0 Å². The standard InChI is InChI=1S/C9H16O4/c1-4-5(2)7(9(12)13)6(3)8(10)11/h5-7H,4H2,1-3H3,(H,10,11)(H,12,13). The quantitative estimate of drug-likeness (QED) is 0.684. The zero-order valence-electron chi connectivity index (χ0n) is 8.15. The van der Waals surface area contributed by atoms with Crippen LogP contribution in [0, 0.1) is 17.8 Å². The lowest BCUT2D eigenvalue weighted by molar-refractivity contribution is -0.155. The predicted octanol–water partition coefficient (Wildman–Crippen LogP) is 1.45. The van der Waals surface area contributed by atoms with Crippen molar-refractivity contribution in [2.75, 3.05) is 0 Å². The van der Waals surface area contributed by atoms with Crippen molar-refractivity contribution in [2.45, 2.75) is 27.2 Å². The molecule has 0 aromatic heterocycles. The van der Waals surface area contributed by atoms with Gasteiger partial charge in [-0.3, -0.25) is 9.59 Å². The first-order valence-electron chi connectivity index (χ1n) is 4.37. The molecule has 0 aliphatic heterocycles. The Bertz CT molecular complexity index is 200. The lowest BCUT2D eigenvalue weighted by Gasteiger charge is -2.21. The minimum atomic E-state index is -1.05. The highest BCUT2D eigenvalue weighted by molar-refractivity contribution is 5.79. The maximum absolute atomic E-state index is 10.8. The van der Waals surface area contributed by atoms with Gasteiger partial charge < -0.3 is 10.2 Å². The first-order chi connectivity index (χ1) is 5.91. The molecule has 0 rings (SSSR count). The Morgan fingerprint density at radius 3 is 1.85 bits per heavy atom. The summed E-state index contributed by atoms with van der Waals surface area (Å²) in [7, 11) is 0. The first kappa shape index (κ1) is 11.9. The molecule has 0 radical (unpaired) electrons. The molecule has 0 aromatic rings. The van der Waals surface area contributed by atoms with Crippen LogP contribution in [0.25, 0.3) is 0 Å². The van der Waals surface area contributed by atoms with E-state index in [2.05, 4.69) is 0 Å². The van der Waals surface area contributed by atoms with Gasteiger partial charge in [-0.05, 0) is 5.92 Å². The Hall–Kier alpha value is -1.06. The fraction of sp³-hybridized carbons (Fsp3) is 0.778. The number of hydrogen-bond acceptors (Lipinski definition) is 2. The highest BCUT2D eigenvalue weighted by Crippen LogP contribution is 2.24. The van der Waals surface area contributed by atoms with E-state index in [4.69, 9.17) is 10.2 Å². The van der Waals surface area contributed by atoms with Crippen LogP contribution < -0.4 is 0 Å². The SMILES string of the molecule is CCC(C)C(C(=O)O)C(C)C(=O)O. The third-order valence-corrected chi connectivity index (χ3v) is 2.47. The van der Waals surface area contributed by atoms with Gasteiger partial charge in [-0.2, -0.15) is 0 Å². The van der Waals surface area contributed by atoms with Crippen molar-refractivity contribution >= 4 is 11.9 Å². The molecule has 0 saturated heterocycles. The van der Waals surface area contributed by atoms with E-state index >= 15 is 0 Å². The molecule has 4 heteroatoms. The molecule has 0 aromatic carbocycles. The fourth-order valence-electron chi connectivity index (χ4n) is 1.36. The molecule has 0 spiro atoms. The summed E-state index contributed by atoms with van der Waals surface area (Å²) >= 11 is 0. The summed E-state index contributed by atoms with van der Waals surface area (Å²) in [6.45, 7) is 5.06. The topological polar surface area (TPSA) is 74.6 Å². The molecule has 3 atom stereocenters. The van der Waals surface area contributed by atoms with E-state index in [0.717, 1.165) is 0 Å². The average molecular weight is 188 g/mol. The van der Waals surface area contributed by atoms with Crippen LogP contribution >= 0.6 is 0 Å². The summed E-state index contributed by atoms with van der Waals surface area (Å²) < 4.78 is 0. The summed E-state index contributed by atoms with van der Waals surface area (Å²) in [4.78, 5) is 21.4. The van der Waals surface area contributed by atoms with E-state index in [1.54, 1.807) is 6.92 Å². The Morgan fingerprint density at radius 2 is 1.62 bits per heavy atom. The Morgan fingerprint density at radius 1 is 1.15 bits per heavy atom. The minimum Gasteiger partial charge on any atom is -0.481 e. The van der Waals surface area contributed by atoms with Crippen molar-refractivity contribution in [1.29, 1.82) is 0 Å². The fourth-order valence-corrected chi connectivity index (χ4v) is 1.36. The van der Waals surface area contributed by atoms with Gasteiger partial charge in [-0.15, -0.1) is 0 Å². The van der Waals surface area contributed by atoms with E-state index in [9.17, 15) is 9.59 Å². The predicted molar refractivity (Wildman–Crippen MR) is 47.4 cm³/mol. The van der Waals surface area contributed by atoms with Gasteiger partial charge in [-0.1, -0.05) is 27.2 Å². The van der Waals surface area contributed by atoms with Gasteiger partial charge >= 0.3 is 11.9 Å². The summed E-state index contributed by atoms with van der Waals surface area (Å²) in [6, 6.07) is 0. The van der Waals surface area contributed by atoms with Gasteiger partial charge in [0.05, 0.1) is 11.8 Å². The summed E-state index contributed by atoms with van der Waals surface area (Å²) in [6.07, 6.45) is 0.675. The molecule has 2 N–H and O–H groups in total. The number of carboxylic acids is 2. The normalized spacial score (nSPS) is 17.5. The lowest BCUT2D eigenvalue weighted by atomic mass is 9.82.